The smallest absolute Gasteiger partial charge is 0.248 e. The molecule has 4 N–H and O–H groups in total. The lowest BCUT2D eigenvalue weighted by molar-refractivity contribution is -0.120. The van der Waals surface area contributed by atoms with Gasteiger partial charge in [-0.3, -0.25) is 14.5 Å². The number of nitrogens with one attached hydrogen (secondary N) is 2. The molecule has 1 fully saturated rings. The molecule has 0 radical (unpaired) electrons. The molecule has 2 amide bonds. The first-order valence-electron chi connectivity index (χ1n) is 11.7. The van der Waals surface area contributed by atoms with Gasteiger partial charge in [0, 0.05) is 37.3 Å². The van der Waals surface area contributed by atoms with E-state index in [-0.39, 0.29) is 36.0 Å². The maximum Gasteiger partial charge on any atom is 0.248 e. The van der Waals surface area contributed by atoms with E-state index in [1.807, 2.05) is 29.2 Å². The minimum absolute atomic E-state index is 0.126. The minimum Gasteiger partial charge on any atom is -0.397 e. The van der Waals surface area contributed by atoms with E-state index in [1.165, 1.54) is 30.3 Å². The summed E-state index contributed by atoms with van der Waals surface area (Å²) in [6, 6.07) is 20.2. The Labute approximate surface area is 208 Å². The topological polar surface area (TPSA) is 87.5 Å². The summed E-state index contributed by atoms with van der Waals surface area (Å²) < 4.78 is 26.2. The number of benzene rings is 3. The number of anilines is 3. The molecule has 2 atom stereocenters. The number of carbonyl (C=O) groups excluding carboxylic acids is 2. The summed E-state index contributed by atoms with van der Waals surface area (Å²) in [5.74, 6) is -1.37. The summed E-state index contributed by atoms with van der Waals surface area (Å²) >= 11 is 0. The summed E-state index contributed by atoms with van der Waals surface area (Å²) in [5, 5.41) is 5.59. The molecule has 186 valence electrons. The second-order valence-electron chi connectivity index (χ2n) is 8.73. The van der Waals surface area contributed by atoms with Gasteiger partial charge >= 0.3 is 0 Å². The number of hydrogen-bond acceptors (Lipinski definition) is 4. The van der Waals surface area contributed by atoms with Crippen LogP contribution in [-0.4, -0.2) is 43.0 Å². The number of nitrogens with zero attached hydrogens (tertiary/aromatic N) is 1. The molecule has 1 saturated heterocycles. The highest BCUT2D eigenvalue weighted by atomic mass is 19.1. The zero-order chi connectivity index (χ0) is 25.5. The van der Waals surface area contributed by atoms with Crippen molar-refractivity contribution in [2.75, 3.05) is 42.7 Å². The second-order valence-corrected chi connectivity index (χ2v) is 8.73. The summed E-state index contributed by atoms with van der Waals surface area (Å²) in [6.45, 7) is 0.770. The van der Waals surface area contributed by atoms with Crippen LogP contribution < -0.4 is 16.4 Å². The fourth-order valence-electron chi connectivity index (χ4n) is 4.37. The molecule has 0 aliphatic carbocycles. The van der Waals surface area contributed by atoms with Gasteiger partial charge < -0.3 is 16.4 Å². The number of amides is 2. The molecule has 1 aliphatic rings. The van der Waals surface area contributed by atoms with Crippen LogP contribution in [-0.2, 0) is 9.59 Å². The van der Waals surface area contributed by atoms with E-state index in [0.29, 0.717) is 30.2 Å². The van der Waals surface area contributed by atoms with Crippen molar-refractivity contribution < 1.29 is 18.4 Å². The van der Waals surface area contributed by atoms with Crippen molar-refractivity contribution in [2.45, 2.75) is 5.92 Å². The van der Waals surface area contributed by atoms with Gasteiger partial charge in [-0.1, -0.05) is 36.4 Å². The minimum atomic E-state index is -0.487. The largest absolute Gasteiger partial charge is 0.397 e. The summed E-state index contributed by atoms with van der Waals surface area (Å²) in [6.07, 6.45) is 3.12. The van der Waals surface area contributed by atoms with Crippen molar-refractivity contribution in [2.24, 2.45) is 5.92 Å². The Morgan fingerprint density at radius 3 is 2.39 bits per heavy atom. The normalized spacial score (nSPS) is 17.8. The Balaban J connectivity index is 1.43. The third-order valence-corrected chi connectivity index (χ3v) is 6.26. The lowest BCUT2D eigenvalue weighted by Crippen LogP contribution is -2.29. The first-order chi connectivity index (χ1) is 17.4. The molecule has 3 aromatic rings. The van der Waals surface area contributed by atoms with Crippen molar-refractivity contribution in [3.8, 4) is 0 Å². The van der Waals surface area contributed by atoms with Crippen molar-refractivity contribution in [3.63, 3.8) is 0 Å². The number of hydrogen-bond donors (Lipinski definition) is 3. The molecule has 0 saturated carbocycles. The maximum atomic E-state index is 13.2. The molecule has 8 heteroatoms. The third-order valence-electron chi connectivity index (χ3n) is 6.26. The van der Waals surface area contributed by atoms with Crippen LogP contribution >= 0.6 is 0 Å². The molecule has 4 rings (SSSR count). The molecule has 1 heterocycles. The van der Waals surface area contributed by atoms with E-state index in [0.717, 1.165) is 11.1 Å². The molecule has 3 aromatic carbocycles. The first kappa shape index (κ1) is 25.1. The van der Waals surface area contributed by atoms with Gasteiger partial charge in [-0.15, -0.1) is 0 Å². The average Bonchev–Trinajstić information content (AvgIpc) is 3.30. The predicted molar refractivity (Wildman–Crippen MR) is 139 cm³/mol. The standard InChI is InChI=1S/C28H28F2N4O2/c29-15-16-34-17-23(24(18-34)28(36)32-22-12-10-21(30)11-13-22)20-8-5-19(6-9-20)7-14-27(35)33-26-4-2-1-3-25(26)31/h1-14,23-24H,15-18,31H2,(H,32,36)(H,33,35). The van der Waals surface area contributed by atoms with Crippen molar-refractivity contribution in [1.29, 1.82) is 0 Å². The van der Waals surface area contributed by atoms with Crippen molar-refractivity contribution in [3.05, 3.63) is 95.8 Å². The number of alkyl halides is 1. The number of carbonyl (C=O) groups is 2. The van der Waals surface area contributed by atoms with Crippen LogP contribution in [0.2, 0.25) is 0 Å². The van der Waals surface area contributed by atoms with Crippen LogP contribution in [0.15, 0.2) is 78.9 Å². The predicted octanol–water partition coefficient (Wildman–Crippen LogP) is 4.68. The van der Waals surface area contributed by atoms with Crippen LogP contribution in [0, 0.1) is 11.7 Å². The number of nitrogen functional groups attached to an aromatic ring is 1. The zero-order valence-electron chi connectivity index (χ0n) is 19.7. The molecule has 36 heavy (non-hydrogen) atoms. The van der Waals surface area contributed by atoms with E-state index >= 15 is 0 Å². The molecule has 6 nitrogen and oxygen atoms in total. The number of nitrogens with two attached hydrogens (primary N) is 1. The third kappa shape index (κ3) is 6.34. The number of rotatable bonds is 8. The fraction of sp³-hybridized carbons (Fsp3) is 0.214. The highest BCUT2D eigenvalue weighted by molar-refractivity contribution is 6.03. The zero-order valence-corrected chi connectivity index (χ0v) is 19.7. The number of likely N-dealkylation sites (tertiary alicyclic amines) is 1. The van der Waals surface area contributed by atoms with E-state index in [9.17, 15) is 18.4 Å². The number of para-hydroxylation sites is 2. The van der Waals surface area contributed by atoms with Crippen molar-refractivity contribution in [1.82, 2.24) is 4.90 Å². The average molecular weight is 491 g/mol. The Kier molecular flexibility index (Phi) is 8.07. The summed E-state index contributed by atoms with van der Waals surface area (Å²) in [4.78, 5) is 27.2. The van der Waals surface area contributed by atoms with Gasteiger partial charge in [-0.05, 0) is 53.6 Å². The summed E-state index contributed by atoms with van der Waals surface area (Å²) in [7, 11) is 0. The molecular formula is C28H28F2N4O2. The molecule has 1 aliphatic heterocycles. The monoisotopic (exact) mass is 490 g/mol. The first-order valence-corrected chi connectivity index (χ1v) is 11.7. The lowest BCUT2D eigenvalue weighted by Gasteiger charge is -2.19. The van der Waals surface area contributed by atoms with Gasteiger partial charge in [-0.2, -0.15) is 0 Å². The highest BCUT2D eigenvalue weighted by Crippen LogP contribution is 2.34. The van der Waals surface area contributed by atoms with Gasteiger partial charge in [0.1, 0.15) is 12.5 Å². The molecule has 2 unspecified atom stereocenters. The molecule has 0 bridgehead atoms. The van der Waals surface area contributed by atoms with E-state index in [4.69, 9.17) is 5.73 Å². The van der Waals surface area contributed by atoms with Gasteiger partial charge in [0.05, 0.1) is 17.3 Å². The molecular weight excluding hydrogens is 462 g/mol. The van der Waals surface area contributed by atoms with Crippen LogP contribution in [0.25, 0.3) is 6.08 Å². The van der Waals surface area contributed by atoms with E-state index < -0.39 is 6.67 Å². The second kappa shape index (κ2) is 11.6. The number of halogens is 2. The lowest BCUT2D eigenvalue weighted by atomic mass is 9.88. The highest BCUT2D eigenvalue weighted by Gasteiger charge is 2.38. The SMILES string of the molecule is Nc1ccccc1NC(=O)C=Cc1ccc(C2CN(CCF)CC2C(=O)Nc2ccc(F)cc2)cc1. The van der Waals surface area contributed by atoms with Crippen LogP contribution in [0.1, 0.15) is 17.0 Å². The molecule has 0 spiro atoms. The van der Waals surface area contributed by atoms with Crippen molar-refractivity contribution >= 4 is 35.0 Å². The Bertz CT molecular complexity index is 1230. The fourth-order valence-corrected chi connectivity index (χ4v) is 4.37. The van der Waals surface area contributed by atoms with E-state index in [1.54, 1.807) is 30.3 Å². The van der Waals surface area contributed by atoms with E-state index in [2.05, 4.69) is 10.6 Å². The molecule has 0 aromatic heterocycles. The van der Waals surface area contributed by atoms with Gasteiger partial charge in [0.25, 0.3) is 0 Å². The quantitative estimate of drug-likeness (QED) is 0.316. The van der Waals surface area contributed by atoms with Gasteiger partial charge in [-0.25, -0.2) is 8.78 Å². The van der Waals surface area contributed by atoms with Gasteiger partial charge in [0.15, 0.2) is 0 Å². The van der Waals surface area contributed by atoms with Crippen LogP contribution in [0.5, 0.6) is 0 Å². The van der Waals surface area contributed by atoms with Gasteiger partial charge in [0.2, 0.25) is 11.8 Å². The van der Waals surface area contributed by atoms with Crippen LogP contribution in [0.3, 0.4) is 0 Å². The Morgan fingerprint density at radius 1 is 0.972 bits per heavy atom. The summed E-state index contributed by atoms with van der Waals surface area (Å²) in [5.41, 5.74) is 9.18. The van der Waals surface area contributed by atoms with Crippen LogP contribution in [0.4, 0.5) is 25.8 Å². The maximum absolute atomic E-state index is 13.2. The Morgan fingerprint density at radius 2 is 1.69 bits per heavy atom. The Hall–Kier alpha value is -4.04.